The summed E-state index contributed by atoms with van der Waals surface area (Å²) in [6.07, 6.45) is 3.26. The molecule has 0 bridgehead atoms. The van der Waals surface area contributed by atoms with Crippen LogP contribution in [0.1, 0.15) is 41.5 Å². The number of ether oxygens (including phenoxy) is 1. The SMILES string of the molecule is CCO[C@H]1CN(C(=O)c2n[nH]c3c2CCCC3)C[C@@H]1O. The standard InChI is InChI=1S/C14H21N3O3/c1-2-20-12-8-17(7-11(12)18)14(19)13-9-5-3-4-6-10(9)15-16-13/h11-12,18H,2-8H2,1H3,(H,15,16)/t11-,12-/m0/s1. The van der Waals surface area contributed by atoms with E-state index in [0.29, 0.717) is 25.4 Å². The number of β-amino-alcohol motifs (C(OH)–C–C–N with tert-alkyl or cyclic N) is 1. The maximum atomic E-state index is 12.6. The van der Waals surface area contributed by atoms with Crippen LogP contribution in [0.15, 0.2) is 0 Å². The molecule has 1 aromatic rings. The van der Waals surface area contributed by atoms with E-state index in [1.165, 1.54) is 0 Å². The number of aliphatic hydroxyl groups is 1. The molecule has 2 atom stereocenters. The van der Waals surface area contributed by atoms with Crippen molar-refractivity contribution in [2.75, 3.05) is 19.7 Å². The third-order valence-corrected chi connectivity index (χ3v) is 4.16. The van der Waals surface area contributed by atoms with Gasteiger partial charge in [0, 0.05) is 31.0 Å². The molecule has 0 unspecified atom stereocenters. The molecule has 1 aromatic heterocycles. The summed E-state index contributed by atoms with van der Waals surface area (Å²) in [6, 6.07) is 0. The van der Waals surface area contributed by atoms with Gasteiger partial charge in [-0.15, -0.1) is 0 Å². The van der Waals surface area contributed by atoms with E-state index in [1.807, 2.05) is 6.92 Å². The molecule has 0 saturated carbocycles. The number of nitrogens with one attached hydrogen (secondary N) is 1. The van der Waals surface area contributed by atoms with Crippen LogP contribution in [-0.4, -0.2) is 58.0 Å². The highest BCUT2D eigenvalue weighted by atomic mass is 16.5. The number of aryl methyl sites for hydroxylation is 1. The van der Waals surface area contributed by atoms with Crippen molar-refractivity contribution in [1.82, 2.24) is 15.1 Å². The van der Waals surface area contributed by atoms with Crippen molar-refractivity contribution < 1.29 is 14.6 Å². The highest BCUT2D eigenvalue weighted by molar-refractivity contribution is 5.94. The number of H-pyrrole nitrogens is 1. The number of rotatable bonds is 3. The highest BCUT2D eigenvalue weighted by Crippen LogP contribution is 2.24. The lowest BCUT2D eigenvalue weighted by Crippen LogP contribution is -2.31. The lowest BCUT2D eigenvalue weighted by molar-refractivity contribution is -0.00237. The molecular formula is C14H21N3O3. The number of nitrogens with zero attached hydrogens (tertiary/aromatic N) is 2. The van der Waals surface area contributed by atoms with Gasteiger partial charge >= 0.3 is 0 Å². The van der Waals surface area contributed by atoms with Gasteiger partial charge in [0.05, 0.1) is 6.10 Å². The van der Waals surface area contributed by atoms with Crippen LogP contribution in [0, 0.1) is 0 Å². The molecule has 6 heteroatoms. The minimum atomic E-state index is -0.603. The van der Waals surface area contributed by atoms with Gasteiger partial charge in [0.1, 0.15) is 6.10 Å². The van der Waals surface area contributed by atoms with E-state index >= 15 is 0 Å². The van der Waals surface area contributed by atoms with Gasteiger partial charge in [-0.05, 0) is 32.6 Å². The molecule has 0 spiro atoms. The monoisotopic (exact) mass is 279 g/mol. The molecular weight excluding hydrogens is 258 g/mol. The predicted octanol–water partition coefficient (Wildman–Crippen LogP) is 0.510. The fraction of sp³-hybridized carbons (Fsp3) is 0.714. The normalized spacial score (nSPS) is 25.8. The summed E-state index contributed by atoms with van der Waals surface area (Å²) >= 11 is 0. The maximum Gasteiger partial charge on any atom is 0.274 e. The van der Waals surface area contributed by atoms with Crippen LogP contribution in [0.4, 0.5) is 0 Å². The fourth-order valence-corrected chi connectivity index (χ4v) is 3.11. The molecule has 1 saturated heterocycles. The van der Waals surface area contributed by atoms with Gasteiger partial charge in [0.2, 0.25) is 0 Å². The van der Waals surface area contributed by atoms with Gasteiger partial charge in [-0.2, -0.15) is 5.10 Å². The first-order chi connectivity index (χ1) is 9.70. The van der Waals surface area contributed by atoms with E-state index in [2.05, 4.69) is 10.2 Å². The van der Waals surface area contributed by atoms with Gasteiger partial charge in [-0.3, -0.25) is 9.89 Å². The number of aromatic nitrogens is 2. The zero-order valence-corrected chi connectivity index (χ0v) is 11.8. The summed E-state index contributed by atoms with van der Waals surface area (Å²) < 4.78 is 5.45. The molecule has 1 aliphatic heterocycles. The second kappa shape index (κ2) is 5.54. The molecule has 110 valence electrons. The molecule has 20 heavy (non-hydrogen) atoms. The number of hydrogen-bond donors (Lipinski definition) is 2. The molecule has 0 radical (unpaired) electrons. The highest BCUT2D eigenvalue weighted by Gasteiger charge is 2.36. The molecule has 2 heterocycles. The number of carbonyl (C=O) groups excluding carboxylic acids is 1. The average Bonchev–Trinajstić information content (AvgIpc) is 3.03. The molecule has 6 nitrogen and oxygen atoms in total. The van der Waals surface area contributed by atoms with Gasteiger partial charge in [0.15, 0.2) is 5.69 Å². The van der Waals surface area contributed by atoms with Crippen LogP contribution in [0.2, 0.25) is 0 Å². The van der Waals surface area contributed by atoms with Gasteiger partial charge in [0.25, 0.3) is 5.91 Å². The number of aromatic amines is 1. The summed E-state index contributed by atoms with van der Waals surface area (Å²) in [5, 5.41) is 17.1. The van der Waals surface area contributed by atoms with Crippen LogP contribution in [-0.2, 0) is 17.6 Å². The van der Waals surface area contributed by atoms with Crippen molar-refractivity contribution in [3.05, 3.63) is 17.0 Å². The lowest BCUT2D eigenvalue weighted by Gasteiger charge is -2.16. The molecule has 1 fully saturated rings. The molecule has 2 N–H and O–H groups in total. The Hall–Kier alpha value is -1.40. The van der Waals surface area contributed by atoms with Crippen LogP contribution in [0.25, 0.3) is 0 Å². The zero-order chi connectivity index (χ0) is 14.1. The Kier molecular flexibility index (Phi) is 3.76. The zero-order valence-electron chi connectivity index (χ0n) is 11.8. The summed E-state index contributed by atoms with van der Waals surface area (Å²) in [5.74, 6) is -0.0920. The Morgan fingerprint density at radius 1 is 1.45 bits per heavy atom. The lowest BCUT2D eigenvalue weighted by atomic mass is 9.95. The Balaban J connectivity index is 1.75. The molecule has 3 rings (SSSR count). The van der Waals surface area contributed by atoms with E-state index in [-0.39, 0.29) is 12.0 Å². The van der Waals surface area contributed by atoms with Gasteiger partial charge in [-0.25, -0.2) is 0 Å². The largest absolute Gasteiger partial charge is 0.388 e. The Bertz CT molecular complexity index is 500. The second-order valence-electron chi connectivity index (χ2n) is 5.51. The van der Waals surface area contributed by atoms with E-state index in [9.17, 15) is 9.90 Å². The van der Waals surface area contributed by atoms with Crippen LogP contribution in [0.3, 0.4) is 0 Å². The predicted molar refractivity (Wildman–Crippen MR) is 72.6 cm³/mol. The van der Waals surface area contributed by atoms with Crippen molar-refractivity contribution in [2.45, 2.75) is 44.8 Å². The third-order valence-electron chi connectivity index (χ3n) is 4.16. The van der Waals surface area contributed by atoms with Gasteiger partial charge in [-0.1, -0.05) is 0 Å². The smallest absolute Gasteiger partial charge is 0.274 e. The van der Waals surface area contributed by atoms with Crippen LogP contribution in [0.5, 0.6) is 0 Å². The second-order valence-corrected chi connectivity index (χ2v) is 5.51. The average molecular weight is 279 g/mol. The summed E-state index contributed by atoms with van der Waals surface area (Å²) in [5.41, 5.74) is 2.69. The number of hydrogen-bond acceptors (Lipinski definition) is 4. The number of fused-ring (bicyclic) bond motifs is 1. The fourth-order valence-electron chi connectivity index (χ4n) is 3.11. The van der Waals surface area contributed by atoms with Crippen molar-refractivity contribution in [1.29, 1.82) is 0 Å². The molecule has 1 aliphatic carbocycles. The Morgan fingerprint density at radius 2 is 2.25 bits per heavy atom. The van der Waals surface area contributed by atoms with Crippen molar-refractivity contribution in [3.63, 3.8) is 0 Å². The van der Waals surface area contributed by atoms with E-state index < -0.39 is 6.10 Å². The summed E-state index contributed by atoms with van der Waals surface area (Å²) in [6.45, 7) is 3.20. The van der Waals surface area contributed by atoms with Crippen molar-refractivity contribution in [3.8, 4) is 0 Å². The minimum Gasteiger partial charge on any atom is -0.388 e. The third kappa shape index (κ3) is 2.33. The molecule has 1 amide bonds. The van der Waals surface area contributed by atoms with Crippen molar-refractivity contribution >= 4 is 5.91 Å². The summed E-state index contributed by atoms with van der Waals surface area (Å²) in [4.78, 5) is 14.2. The number of likely N-dealkylation sites (tertiary alicyclic amines) is 1. The quantitative estimate of drug-likeness (QED) is 0.845. The maximum absolute atomic E-state index is 12.6. The number of carbonyl (C=O) groups is 1. The van der Waals surface area contributed by atoms with Gasteiger partial charge < -0.3 is 14.7 Å². The first kappa shape index (κ1) is 13.6. The first-order valence-corrected chi connectivity index (χ1v) is 7.35. The van der Waals surface area contributed by atoms with E-state index in [1.54, 1.807) is 4.90 Å². The van der Waals surface area contributed by atoms with Crippen LogP contribution < -0.4 is 0 Å². The topological polar surface area (TPSA) is 78.5 Å². The summed E-state index contributed by atoms with van der Waals surface area (Å²) in [7, 11) is 0. The van der Waals surface area contributed by atoms with E-state index in [0.717, 1.165) is 36.9 Å². The minimum absolute atomic E-state index is 0.0920. The first-order valence-electron chi connectivity index (χ1n) is 7.35. The van der Waals surface area contributed by atoms with E-state index in [4.69, 9.17) is 4.74 Å². The Morgan fingerprint density at radius 3 is 3.05 bits per heavy atom. The Labute approximate surface area is 118 Å². The van der Waals surface area contributed by atoms with Crippen molar-refractivity contribution in [2.24, 2.45) is 0 Å². The molecule has 0 aromatic carbocycles. The molecule has 2 aliphatic rings. The number of aliphatic hydroxyl groups excluding tert-OH is 1. The number of amides is 1. The van der Waals surface area contributed by atoms with Crippen LogP contribution >= 0.6 is 0 Å².